The van der Waals surface area contributed by atoms with Crippen LogP contribution in [0.4, 0.5) is 0 Å². The molecule has 1 heterocycles. The Labute approximate surface area is 85.2 Å². The summed E-state index contributed by atoms with van der Waals surface area (Å²) in [5, 5.41) is 3.21. The van der Waals surface area contributed by atoms with Crippen molar-refractivity contribution in [3.05, 3.63) is 0 Å². The molecular weight excluding hydrogens is 180 g/mol. The molecule has 1 atom stereocenters. The Morgan fingerprint density at radius 3 is 2.71 bits per heavy atom. The lowest BCUT2D eigenvalue weighted by Gasteiger charge is -2.28. The second-order valence-corrected chi connectivity index (χ2v) is 3.78. The van der Waals surface area contributed by atoms with Gasteiger partial charge >= 0.3 is 0 Å². The zero-order valence-corrected chi connectivity index (χ0v) is 8.79. The van der Waals surface area contributed by atoms with Crippen molar-refractivity contribution >= 4 is 5.91 Å². The predicted octanol–water partition coefficient (Wildman–Crippen LogP) is 0.267. The Hall–Kier alpha value is -0.610. The molecule has 82 valence electrons. The van der Waals surface area contributed by atoms with Crippen LogP contribution in [0, 0.1) is 5.92 Å². The number of hydrogen-bond donors (Lipinski definition) is 2. The third kappa shape index (κ3) is 3.27. The highest BCUT2D eigenvalue weighted by Crippen LogP contribution is 2.18. The molecule has 0 aliphatic carbocycles. The SMILES string of the molecule is CCCNC(C(N)=O)C1CCOCC1. The maximum Gasteiger partial charge on any atom is 0.234 e. The first-order valence-electron chi connectivity index (χ1n) is 5.36. The number of amides is 1. The van der Waals surface area contributed by atoms with Gasteiger partial charge in [-0.2, -0.15) is 0 Å². The number of carbonyl (C=O) groups excluding carboxylic acids is 1. The fourth-order valence-electron chi connectivity index (χ4n) is 1.85. The van der Waals surface area contributed by atoms with E-state index in [0.29, 0.717) is 5.92 Å². The van der Waals surface area contributed by atoms with Crippen LogP contribution in [0.2, 0.25) is 0 Å². The van der Waals surface area contributed by atoms with Crippen molar-refractivity contribution in [3.8, 4) is 0 Å². The van der Waals surface area contributed by atoms with E-state index in [1.807, 2.05) is 0 Å². The monoisotopic (exact) mass is 200 g/mol. The van der Waals surface area contributed by atoms with Gasteiger partial charge in [-0.3, -0.25) is 4.79 Å². The lowest BCUT2D eigenvalue weighted by Crippen LogP contribution is -2.48. The molecule has 3 N–H and O–H groups in total. The first kappa shape index (κ1) is 11.5. The molecule has 4 heteroatoms. The highest BCUT2D eigenvalue weighted by molar-refractivity contribution is 5.80. The largest absolute Gasteiger partial charge is 0.381 e. The van der Waals surface area contributed by atoms with Crippen LogP contribution in [0.5, 0.6) is 0 Å². The van der Waals surface area contributed by atoms with Gasteiger partial charge in [0.2, 0.25) is 5.91 Å². The van der Waals surface area contributed by atoms with Crippen LogP contribution in [0.1, 0.15) is 26.2 Å². The van der Waals surface area contributed by atoms with E-state index in [-0.39, 0.29) is 11.9 Å². The molecule has 1 fully saturated rings. The Kier molecular flexibility index (Phi) is 4.90. The molecule has 0 spiro atoms. The number of nitrogens with two attached hydrogens (primary N) is 1. The number of nitrogens with one attached hydrogen (secondary N) is 1. The van der Waals surface area contributed by atoms with Crippen molar-refractivity contribution < 1.29 is 9.53 Å². The molecule has 0 aromatic heterocycles. The van der Waals surface area contributed by atoms with Crippen molar-refractivity contribution in [3.63, 3.8) is 0 Å². The predicted molar refractivity (Wildman–Crippen MR) is 54.8 cm³/mol. The molecule has 0 aromatic rings. The van der Waals surface area contributed by atoms with Gasteiger partial charge in [0.15, 0.2) is 0 Å². The van der Waals surface area contributed by atoms with Gasteiger partial charge in [0.05, 0.1) is 6.04 Å². The Morgan fingerprint density at radius 1 is 1.57 bits per heavy atom. The van der Waals surface area contributed by atoms with Crippen LogP contribution in [0.25, 0.3) is 0 Å². The van der Waals surface area contributed by atoms with Gasteiger partial charge < -0.3 is 15.8 Å². The highest BCUT2D eigenvalue weighted by Gasteiger charge is 2.27. The molecule has 0 saturated carbocycles. The summed E-state index contributed by atoms with van der Waals surface area (Å²) in [7, 11) is 0. The minimum absolute atomic E-state index is 0.168. The minimum atomic E-state index is -0.231. The first-order valence-corrected chi connectivity index (χ1v) is 5.36. The van der Waals surface area contributed by atoms with E-state index in [4.69, 9.17) is 10.5 Å². The molecule has 0 radical (unpaired) electrons. The Bertz CT molecular complexity index is 179. The summed E-state index contributed by atoms with van der Waals surface area (Å²) in [6.45, 7) is 4.44. The van der Waals surface area contributed by atoms with Crippen LogP contribution in [0.15, 0.2) is 0 Å². The van der Waals surface area contributed by atoms with Crippen molar-refractivity contribution in [2.45, 2.75) is 32.2 Å². The van der Waals surface area contributed by atoms with Crippen LogP contribution in [0.3, 0.4) is 0 Å². The average Bonchev–Trinajstić information content (AvgIpc) is 2.19. The Morgan fingerprint density at radius 2 is 2.21 bits per heavy atom. The summed E-state index contributed by atoms with van der Waals surface area (Å²) in [6, 6.07) is -0.168. The van der Waals surface area contributed by atoms with Crippen molar-refractivity contribution in [1.82, 2.24) is 5.32 Å². The summed E-state index contributed by atoms with van der Waals surface area (Å²) in [4.78, 5) is 11.2. The number of ether oxygens (including phenoxy) is 1. The van der Waals surface area contributed by atoms with Crippen LogP contribution >= 0.6 is 0 Å². The van der Waals surface area contributed by atoms with E-state index in [9.17, 15) is 4.79 Å². The average molecular weight is 200 g/mol. The summed E-state index contributed by atoms with van der Waals surface area (Å²) in [5.74, 6) is 0.123. The standard InChI is InChI=1S/C10H20N2O2/c1-2-5-12-9(10(11)13)8-3-6-14-7-4-8/h8-9,12H,2-7H2,1H3,(H2,11,13). The Balaban J connectivity index is 2.43. The van der Waals surface area contributed by atoms with Gasteiger partial charge in [-0.25, -0.2) is 0 Å². The van der Waals surface area contributed by atoms with E-state index < -0.39 is 0 Å². The topological polar surface area (TPSA) is 64.3 Å². The van der Waals surface area contributed by atoms with Gasteiger partial charge in [-0.15, -0.1) is 0 Å². The molecule has 1 aliphatic rings. The molecule has 1 rings (SSSR count). The van der Waals surface area contributed by atoms with Crippen LogP contribution in [-0.2, 0) is 9.53 Å². The third-order valence-electron chi connectivity index (χ3n) is 2.66. The quantitative estimate of drug-likeness (QED) is 0.669. The van der Waals surface area contributed by atoms with Crippen LogP contribution < -0.4 is 11.1 Å². The van der Waals surface area contributed by atoms with E-state index in [1.165, 1.54) is 0 Å². The summed E-state index contributed by atoms with van der Waals surface area (Å²) in [6.07, 6.45) is 2.89. The molecule has 0 aromatic carbocycles. The van der Waals surface area contributed by atoms with Gasteiger partial charge in [0.25, 0.3) is 0 Å². The molecular formula is C10H20N2O2. The van der Waals surface area contributed by atoms with Crippen molar-refractivity contribution in [2.24, 2.45) is 11.7 Å². The summed E-state index contributed by atoms with van der Waals surface area (Å²) < 4.78 is 5.25. The summed E-state index contributed by atoms with van der Waals surface area (Å²) >= 11 is 0. The molecule has 1 aliphatic heterocycles. The molecule has 0 bridgehead atoms. The lowest BCUT2D eigenvalue weighted by atomic mass is 9.91. The lowest BCUT2D eigenvalue weighted by molar-refractivity contribution is -0.122. The maximum absolute atomic E-state index is 11.2. The number of primary amides is 1. The molecule has 4 nitrogen and oxygen atoms in total. The van der Waals surface area contributed by atoms with Gasteiger partial charge in [0.1, 0.15) is 0 Å². The second kappa shape index (κ2) is 5.98. The second-order valence-electron chi connectivity index (χ2n) is 3.78. The molecule has 1 unspecified atom stereocenters. The molecule has 14 heavy (non-hydrogen) atoms. The van der Waals surface area contributed by atoms with Gasteiger partial charge in [-0.1, -0.05) is 6.92 Å². The smallest absolute Gasteiger partial charge is 0.234 e. The van der Waals surface area contributed by atoms with Gasteiger partial charge in [0, 0.05) is 13.2 Å². The summed E-state index contributed by atoms with van der Waals surface area (Å²) in [5.41, 5.74) is 5.37. The molecule has 1 saturated heterocycles. The fraction of sp³-hybridized carbons (Fsp3) is 0.900. The third-order valence-corrected chi connectivity index (χ3v) is 2.66. The van der Waals surface area contributed by atoms with Crippen molar-refractivity contribution in [1.29, 1.82) is 0 Å². The maximum atomic E-state index is 11.2. The zero-order valence-electron chi connectivity index (χ0n) is 8.79. The fourth-order valence-corrected chi connectivity index (χ4v) is 1.85. The van der Waals surface area contributed by atoms with Crippen molar-refractivity contribution in [2.75, 3.05) is 19.8 Å². The van der Waals surface area contributed by atoms with E-state index >= 15 is 0 Å². The number of carbonyl (C=O) groups is 1. The van der Waals surface area contributed by atoms with E-state index in [2.05, 4.69) is 12.2 Å². The first-order chi connectivity index (χ1) is 6.75. The highest BCUT2D eigenvalue weighted by atomic mass is 16.5. The van der Waals surface area contributed by atoms with E-state index in [1.54, 1.807) is 0 Å². The van der Waals surface area contributed by atoms with E-state index in [0.717, 1.165) is 39.0 Å². The van der Waals surface area contributed by atoms with Crippen LogP contribution in [-0.4, -0.2) is 31.7 Å². The number of hydrogen-bond acceptors (Lipinski definition) is 3. The number of rotatable bonds is 5. The normalized spacial score (nSPS) is 20.6. The molecule has 1 amide bonds. The minimum Gasteiger partial charge on any atom is -0.381 e. The van der Waals surface area contributed by atoms with Gasteiger partial charge in [-0.05, 0) is 31.7 Å². The zero-order chi connectivity index (χ0) is 10.4.